The molecule has 0 amide bonds. The van der Waals surface area contributed by atoms with E-state index in [4.69, 9.17) is 16.3 Å². The lowest BCUT2D eigenvalue weighted by Gasteiger charge is -2.20. The molecule has 2 nitrogen and oxygen atoms in total. The van der Waals surface area contributed by atoms with E-state index in [1.165, 1.54) is 31.2 Å². The number of nitrogens with one attached hydrogen (secondary N) is 1. The van der Waals surface area contributed by atoms with Crippen LogP contribution in [-0.4, -0.2) is 13.7 Å². The van der Waals surface area contributed by atoms with E-state index in [1.54, 1.807) is 7.11 Å². The molecule has 3 heteroatoms. The minimum atomic E-state index is 0.347. The Bertz CT molecular complexity index is 368. The van der Waals surface area contributed by atoms with Gasteiger partial charge in [-0.15, -0.1) is 0 Å². The summed E-state index contributed by atoms with van der Waals surface area (Å²) in [6, 6.07) is 6.30. The SMILES string of the molecule is CCCCCCC(NCC)c1ccc(OC)cc1Cl. The van der Waals surface area contributed by atoms with Gasteiger partial charge in [0, 0.05) is 11.1 Å². The Kier molecular flexibility index (Phi) is 7.92. The van der Waals surface area contributed by atoms with Crippen LogP contribution in [0.2, 0.25) is 5.02 Å². The van der Waals surface area contributed by atoms with Gasteiger partial charge in [0.2, 0.25) is 0 Å². The largest absolute Gasteiger partial charge is 0.497 e. The maximum Gasteiger partial charge on any atom is 0.120 e. The van der Waals surface area contributed by atoms with Gasteiger partial charge < -0.3 is 10.1 Å². The van der Waals surface area contributed by atoms with Crippen LogP contribution in [0.25, 0.3) is 0 Å². The zero-order valence-corrected chi connectivity index (χ0v) is 13.1. The summed E-state index contributed by atoms with van der Waals surface area (Å²) in [5.74, 6) is 0.815. The molecular weight excluding hydrogens is 258 g/mol. The van der Waals surface area contributed by atoms with Crippen LogP contribution < -0.4 is 10.1 Å². The van der Waals surface area contributed by atoms with Gasteiger partial charge in [0.25, 0.3) is 0 Å². The van der Waals surface area contributed by atoms with Crippen LogP contribution >= 0.6 is 11.6 Å². The highest BCUT2D eigenvalue weighted by molar-refractivity contribution is 6.31. The number of ether oxygens (including phenoxy) is 1. The fourth-order valence-corrected chi connectivity index (χ4v) is 2.61. The maximum atomic E-state index is 6.36. The molecule has 1 rings (SSSR count). The van der Waals surface area contributed by atoms with E-state index < -0.39 is 0 Å². The van der Waals surface area contributed by atoms with Crippen LogP contribution in [0.1, 0.15) is 57.6 Å². The Morgan fingerprint density at radius 3 is 2.58 bits per heavy atom. The van der Waals surface area contributed by atoms with E-state index in [1.807, 2.05) is 12.1 Å². The second-order valence-corrected chi connectivity index (χ2v) is 5.25. The first-order chi connectivity index (χ1) is 9.22. The predicted octanol–water partition coefficient (Wildman–Crippen LogP) is 4.97. The molecular formula is C16H26ClNO. The zero-order chi connectivity index (χ0) is 14.1. The van der Waals surface area contributed by atoms with Gasteiger partial charge >= 0.3 is 0 Å². The Morgan fingerprint density at radius 1 is 1.21 bits per heavy atom. The second kappa shape index (κ2) is 9.22. The van der Waals surface area contributed by atoms with E-state index in [-0.39, 0.29) is 0 Å². The number of unbranched alkanes of at least 4 members (excludes halogenated alkanes) is 3. The summed E-state index contributed by atoms with van der Waals surface area (Å²) in [5, 5.41) is 4.32. The Morgan fingerprint density at radius 2 is 2.00 bits per heavy atom. The van der Waals surface area contributed by atoms with Crippen LogP contribution in [0.4, 0.5) is 0 Å². The molecule has 1 aromatic rings. The van der Waals surface area contributed by atoms with Crippen molar-refractivity contribution in [2.24, 2.45) is 0 Å². The average Bonchev–Trinajstić information content (AvgIpc) is 2.42. The van der Waals surface area contributed by atoms with Crippen molar-refractivity contribution in [1.82, 2.24) is 5.32 Å². The molecule has 0 heterocycles. The number of methoxy groups -OCH3 is 1. The summed E-state index contributed by atoms with van der Waals surface area (Å²) in [6.07, 6.45) is 6.27. The molecule has 0 radical (unpaired) electrons. The maximum absolute atomic E-state index is 6.36. The van der Waals surface area contributed by atoms with Crippen LogP contribution in [0.3, 0.4) is 0 Å². The van der Waals surface area contributed by atoms with E-state index >= 15 is 0 Å². The standard InChI is InChI=1S/C16H26ClNO/c1-4-6-7-8-9-16(18-5-2)14-11-10-13(19-3)12-15(14)17/h10-12,16,18H,4-9H2,1-3H3. The highest BCUT2D eigenvalue weighted by atomic mass is 35.5. The van der Waals surface area contributed by atoms with Crippen LogP contribution in [0, 0.1) is 0 Å². The van der Waals surface area contributed by atoms with E-state index in [0.29, 0.717) is 6.04 Å². The van der Waals surface area contributed by atoms with Gasteiger partial charge in [-0.2, -0.15) is 0 Å². The normalized spacial score (nSPS) is 12.4. The number of hydrogen-bond donors (Lipinski definition) is 1. The number of benzene rings is 1. The molecule has 0 saturated heterocycles. The molecule has 0 saturated carbocycles. The molecule has 0 aliphatic heterocycles. The summed E-state index contributed by atoms with van der Waals surface area (Å²) >= 11 is 6.36. The van der Waals surface area contributed by atoms with Crippen LogP contribution in [-0.2, 0) is 0 Å². The molecule has 1 unspecified atom stereocenters. The molecule has 0 fully saturated rings. The van der Waals surface area contributed by atoms with Crippen LogP contribution in [0.15, 0.2) is 18.2 Å². The summed E-state index contributed by atoms with van der Waals surface area (Å²) in [6.45, 7) is 5.33. The number of halogens is 1. The number of rotatable bonds is 9. The highest BCUT2D eigenvalue weighted by Crippen LogP contribution is 2.30. The first kappa shape index (κ1) is 16.3. The van der Waals surface area contributed by atoms with Gasteiger partial charge in [-0.25, -0.2) is 0 Å². The Labute approximate surface area is 122 Å². The molecule has 1 atom stereocenters. The predicted molar refractivity (Wildman–Crippen MR) is 83.2 cm³/mol. The molecule has 0 spiro atoms. The summed E-state index contributed by atoms with van der Waals surface area (Å²) in [5.41, 5.74) is 1.18. The average molecular weight is 284 g/mol. The lowest BCUT2D eigenvalue weighted by Crippen LogP contribution is -2.21. The lowest BCUT2D eigenvalue weighted by atomic mass is 9.99. The van der Waals surface area contributed by atoms with Gasteiger partial charge in [0.05, 0.1) is 7.11 Å². The van der Waals surface area contributed by atoms with E-state index in [9.17, 15) is 0 Å². The smallest absolute Gasteiger partial charge is 0.120 e. The second-order valence-electron chi connectivity index (χ2n) is 4.85. The fourth-order valence-electron chi connectivity index (χ4n) is 2.31. The van der Waals surface area contributed by atoms with E-state index in [0.717, 1.165) is 23.7 Å². The number of hydrogen-bond acceptors (Lipinski definition) is 2. The molecule has 0 aliphatic rings. The third kappa shape index (κ3) is 5.42. The zero-order valence-electron chi connectivity index (χ0n) is 12.3. The molecule has 19 heavy (non-hydrogen) atoms. The molecule has 108 valence electrons. The van der Waals surface area contributed by atoms with Gasteiger partial charge in [-0.05, 0) is 30.7 Å². The molecule has 1 N–H and O–H groups in total. The van der Waals surface area contributed by atoms with Gasteiger partial charge in [0.1, 0.15) is 5.75 Å². The molecule has 1 aromatic carbocycles. The van der Waals surface area contributed by atoms with Crippen molar-refractivity contribution >= 4 is 11.6 Å². The Balaban J connectivity index is 2.69. The Hall–Kier alpha value is -0.730. The van der Waals surface area contributed by atoms with Gasteiger partial charge in [0.15, 0.2) is 0 Å². The lowest BCUT2D eigenvalue weighted by molar-refractivity contribution is 0.414. The fraction of sp³-hybridized carbons (Fsp3) is 0.625. The third-order valence-electron chi connectivity index (χ3n) is 3.38. The monoisotopic (exact) mass is 283 g/mol. The van der Waals surface area contributed by atoms with Crippen molar-refractivity contribution < 1.29 is 4.74 Å². The van der Waals surface area contributed by atoms with Crippen molar-refractivity contribution in [3.05, 3.63) is 28.8 Å². The van der Waals surface area contributed by atoms with Gasteiger partial charge in [-0.1, -0.05) is 57.2 Å². The van der Waals surface area contributed by atoms with Crippen molar-refractivity contribution in [3.63, 3.8) is 0 Å². The first-order valence-corrected chi connectivity index (χ1v) is 7.67. The van der Waals surface area contributed by atoms with Crippen LogP contribution in [0.5, 0.6) is 5.75 Å². The molecule has 0 aromatic heterocycles. The molecule has 0 aliphatic carbocycles. The van der Waals surface area contributed by atoms with Crippen molar-refractivity contribution in [2.45, 2.75) is 52.0 Å². The van der Waals surface area contributed by atoms with Crippen molar-refractivity contribution in [2.75, 3.05) is 13.7 Å². The summed E-state index contributed by atoms with van der Waals surface area (Å²) in [7, 11) is 1.66. The quantitative estimate of drug-likeness (QED) is 0.646. The van der Waals surface area contributed by atoms with E-state index in [2.05, 4.69) is 25.2 Å². The summed E-state index contributed by atoms with van der Waals surface area (Å²) < 4.78 is 5.20. The first-order valence-electron chi connectivity index (χ1n) is 7.29. The topological polar surface area (TPSA) is 21.3 Å². The summed E-state index contributed by atoms with van der Waals surface area (Å²) in [4.78, 5) is 0. The van der Waals surface area contributed by atoms with Gasteiger partial charge in [-0.3, -0.25) is 0 Å². The minimum Gasteiger partial charge on any atom is -0.497 e. The highest BCUT2D eigenvalue weighted by Gasteiger charge is 2.14. The molecule has 0 bridgehead atoms. The minimum absolute atomic E-state index is 0.347. The third-order valence-corrected chi connectivity index (χ3v) is 3.71. The van der Waals surface area contributed by atoms with Crippen molar-refractivity contribution in [1.29, 1.82) is 0 Å². The van der Waals surface area contributed by atoms with Crippen molar-refractivity contribution in [3.8, 4) is 5.75 Å².